The molecule has 0 bridgehead atoms. The molecule has 1 fully saturated rings. The van der Waals surface area contributed by atoms with Gasteiger partial charge >= 0.3 is 0 Å². The van der Waals surface area contributed by atoms with Crippen molar-refractivity contribution in [3.8, 4) is 0 Å². The summed E-state index contributed by atoms with van der Waals surface area (Å²) in [6, 6.07) is 7.84. The van der Waals surface area contributed by atoms with E-state index in [0.29, 0.717) is 18.1 Å². The predicted molar refractivity (Wildman–Crippen MR) is 110 cm³/mol. The molecule has 0 aliphatic carbocycles. The van der Waals surface area contributed by atoms with Gasteiger partial charge in [0.15, 0.2) is 5.69 Å². The van der Waals surface area contributed by atoms with Crippen molar-refractivity contribution < 1.29 is 13.6 Å². The normalized spacial score (nSPS) is 15.5. The molecule has 1 amide bonds. The smallest absolute Gasteiger partial charge is 0.277 e. The fraction of sp³-hybridized carbons (Fsp3) is 0.364. The van der Waals surface area contributed by atoms with Gasteiger partial charge < -0.3 is 14.2 Å². The number of rotatable bonds is 6. The largest absolute Gasteiger partial charge is 0.472 e. The van der Waals surface area contributed by atoms with Gasteiger partial charge in [-0.1, -0.05) is 6.07 Å². The highest BCUT2D eigenvalue weighted by molar-refractivity contribution is 6.02. The molecule has 3 heterocycles. The molecule has 1 aliphatic heterocycles. The van der Waals surface area contributed by atoms with Crippen molar-refractivity contribution in [3.05, 3.63) is 71.3 Å². The highest BCUT2D eigenvalue weighted by atomic mass is 16.3. The van der Waals surface area contributed by atoms with E-state index in [9.17, 15) is 4.79 Å². The Balaban J connectivity index is 1.28. The SMILES string of the molecule is Cc1ccc(NC(=O)c2coc(CN3CCN(Cc4ccoc4)CC3)n2)cc1C. The molecule has 0 spiro atoms. The fourth-order valence-corrected chi connectivity index (χ4v) is 3.44. The number of nitrogens with one attached hydrogen (secondary N) is 1. The second-order valence-corrected chi connectivity index (χ2v) is 7.56. The van der Waals surface area contributed by atoms with Gasteiger partial charge in [-0.25, -0.2) is 4.98 Å². The Kier molecular flexibility index (Phi) is 5.78. The summed E-state index contributed by atoms with van der Waals surface area (Å²) in [7, 11) is 0. The predicted octanol–water partition coefficient (Wildman–Crippen LogP) is 3.45. The van der Waals surface area contributed by atoms with Gasteiger partial charge in [-0.15, -0.1) is 0 Å². The standard InChI is InChI=1S/C22H26N4O3/c1-16-3-4-19(11-17(16)2)23-22(27)20-15-29-21(24-20)13-26-8-6-25(7-9-26)12-18-5-10-28-14-18/h3-5,10-11,14-15H,6-9,12-13H2,1-2H3,(H,23,27). The molecule has 0 unspecified atom stereocenters. The molecule has 29 heavy (non-hydrogen) atoms. The number of aromatic nitrogens is 1. The molecular weight excluding hydrogens is 368 g/mol. The van der Waals surface area contributed by atoms with Crippen LogP contribution in [0, 0.1) is 13.8 Å². The van der Waals surface area contributed by atoms with E-state index >= 15 is 0 Å². The molecule has 4 rings (SSSR count). The fourth-order valence-electron chi connectivity index (χ4n) is 3.44. The molecule has 1 saturated heterocycles. The first kappa shape index (κ1) is 19.4. The van der Waals surface area contributed by atoms with Crippen molar-refractivity contribution in [3.63, 3.8) is 0 Å². The van der Waals surface area contributed by atoms with Crippen LogP contribution in [0.2, 0.25) is 0 Å². The van der Waals surface area contributed by atoms with Gasteiger partial charge in [0, 0.05) is 44.0 Å². The number of oxazole rings is 1. The lowest BCUT2D eigenvalue weighted by molar-refractivity contribution is 0.102. The summed E-state index contributed by atoms with van der Waals surface area (Å²) in [6.45, 7) is 9.41. The number of furan rings is 1. The first-order valence-electron chi connectivity index (χ1n) is 9.85. The van der Waals surface area contributed by atoms with Gasteiger partial charge in [-0.05, 0) is 43.2 Å². The Labute approximate surface area is 170 Å². The zero-order chi connectivity index (χ0) is 20.2. The number of hydrogen-bond acceptors (Lipinski definition) is 6. The molecule has 7 nitrogen and oxygen atoms in total. The second kappa shape index (κ2) is 8.63. The average molecular weight is 394 g/mol. The van der Waals surface area contributed by atoms with Crippen LogP contribution in [0.4, 0.5) is 5.69 Å². The third-order valence-corrected chi connectivity index (χ3v) is 5.36. The Morgan fingerprint density at radius 2 is 1.79 bits per heavy atom. The second-order valence-electron chi connectivity index (χ2n) is 7.56. The minimum atomic E-state index is -0.256. The molecule has 1 aliphatic rings. The highest BCUT2D eigenvalue weighted by Gasteiger charge is 2.20. The van der Waals surface area contributed by atoms with Gasteiger partial charge in [-0.3, -0.25) is 14.6 Å². The van der Waals surface area contributed by atoms with Crippen LogP contribution in [-0.4, -0.2) is 46.9 Å². The van der Waals surface area contributed by atoms with Crippen molar-refractivity contribution >= 4 is 11.6 Å². The number of aryl methyl sites for hydroxylation is 2. The van der Waals surface area contributed by atoms with Crippen molar-refractivity contribution in [1.29, 1.82) is 0 Å². The van der Waals surface area contributed by atoms with E-state index < -0.39 is 0 Å². The summed E-state index contributed by atoms with van der Waals surface area (Å²) in [5.74, 6) is 0.312. The molecule has 1 aromatic carbocycles. The van der Waals surface area contributed by atoms with E-state index in [1.807, 2.05) is 38.1 Å². The lowest BCUT2D eigenvalue weighted by atomic mass is 10.1. The summed E-state index contributed by atoms with van der Waals surface area (Å²) in [6.07, 6.45) is 4.94. The summed E-state index contributed by atoms with van der Waals surface area (Å²) in [4.78, 5) is 21.5. The number of anilines is 1. The topological polar surface area (TPSA) is 74.8 Å². The Morgan fingerprint density at radius 1 is 1.03 bits per heavy atom. The van der Waals surface area contributed by atoms with Crippen LogP contribution in [0.15, 0.2) is 51.9 Å². The van der Waals surface area contributed by atoms with Crippen molar-refractivity contribution in [2.45, 2.75) is 26.9 Å². The number of benzene rings is 1. The third kappa shape index (κ3) is 4.93. The Morgan fingerprint density at radius 3 is 2.48 bits per heavy atom. The van der Waals surface area contributed by atoms with Gasteiger partial charge in [0.2, 0.25) is 5.89 Å². The monoisotopic (exact) mass is 394 g/mol. The maximum Gasteiger partial charge on any atom is 0.277 e. The van der Waals surface area contributed by atoms with Gasteiger partial charge in [0.1, 0.15) is 6.26 Å². The van der Waals surface area contributed by atoms with E-state index in [4.69, 9.17) is 8.83 Å². The molecule has 0 radical (unpaired) electrons. The third-order valence-electron chi connectivity index (χ3n) is 5.36. The van der Waals surface area contributed by atoms with Crippen LogP contribution < -0.4 is 5.32 Å². The maximum absolute atomic E-state index is 12.4. The van der Waals surface area contributed by atoms with Crippen LogP contribution in [-0.2, 0) is 13.1 Å². The van der Waals surface area contributed by atoms with Gasteiger partial charge in [0.05, 0.1) is 19.1 Å². The number of piperazine rings is 1. The Hall–Kier alpha value is -2.90. The number of amides is 1. The molecule has 1 N–H and O–H groups in total. The van der Waals surface area contributed by atoms with E-state index in [-0.39, 0.29) is 5.91 Å². The van der Waals surface area contributed by atoms with Crippen LogP contribution in [0.1, 0.15) is 33.1 Å². The van der Waals surface area contributed by atoms with Crippen LogP contribution in [0.3, 0.4) is 0 Å². The van der Waals surface area contributed by atoms with E-state index in [1.54, 1.807) is 12.5 Å². The lowest BCUT2D eigenvalue weighted by Crippen LogP contribution is -2.45. The van der Waals surface area contributed by atoms with E-state index in [2.05, 4.69) is 20.1 Å². The molecule has 0 atom stereocenters. The number of nitrogens with zero attached hydrogens (tertiary/aromatic N) is 3. The maximum atomic E-state index is 12.4. The minimum Gasteiger partial charge on any atom is -0.472 e. The molecule has 7 heteroatoms. The van der Waals surface area contributed by atoms with Crippen LogP contribution in [0.5, 0.6) is 0 Å². The molecule has 152 valence electrons. The van der Waals surface area contributed by atoms with Crippen molar-refractivity contribution in [2.24, 2.45) is 0 Å². The van der Waals surface area contributed by atoms with Gasteiger partial charge in [0.25, 0.3) is 5.91 Å². The number of hydrogen-bond donors (Lipinski definition) is 1. The first-order chi connectivity index (χ1) is 14.1. The molecule has 3 aromatic rings. The van der Waals surface area contributed by atoms with Crippen LogP contribution in [0.25, 0.3) is 0 Å². The zero-order valence-corrected chi connectivity index (χ0v) is 16.9. The highest BCUT2D eigenvalue weighted by Crippen LogP contribution is 2.16. The lowest BCUT2D eigenvalue weighted by Gasteiger charge is -2.33. The van der Waals surface area contributed by atoms with E-state index in [1.165, 1.54) is 17.4 Å². The van der Waals surface area contributed by atoms with Crippen LogP contribution >= 0.6 is 0 Å². The average Bonchev–Trinajstić information content (AvgIpc) is 3.38. The summed E-state index contributed by atoms with van der Waals surface area (Å²) >= 11 is 0. The number of carbonyl (C=O) groups is 1. The molecular formula is C22H26N4O3. The first-order valence-corrected chi connectivity index (χ1v) is 9.85. The Bertz CT molecular complexity index is 956. The quantitative estimate of drug-likeness (QED) is 0.690. The minimum absolute atomic E-state index is 0.256. The molecule has 0 saturated carbocycles. The van der Waals surface area contributed by atoms with E-state index in [0.717, 1.165) is 44.0 Å². The zero-order valence-electron chi connectivity index (χ0n) is 16.9. The molecule has 2 aromatic heterocycles. The summed E-state index contributed by atoms with van der Waals surface area (Å²) < 4.78 is 10.7. The van der Waals surface area contributed by atoms with Crippen molar-refractivity contribution in [1.82, 2.24) is 14.8 Å². The van der Waals surface area contributed by atoms with Crippen molar-refractivity contribution in [2.75, 3.05) is 31.5 Å². The summed E-state index contributed by atoms with van der Waals surface area (Å²) in [5.41, 5.74) is 4.59. The van der Waals surface area contributed by atoms with Gasteiger partial charge in [-0.2, -0.15) is 0 Å². The number of carbonyl (C=O) groups excluding carboxylic acids is 1. The summed E-state index contributed by atoms with van der Waals surface area (Å²) in [5, 5.41) is 2.88.